The van der Waals surface area contributed by atoms with E-state index in [-0.39, 0.29) is 5.91 Å². The Morgan fingerprint density at radius 3 is 2.85 bits per heavy atom. The summed E-state index contributed by atoms with van der Waals surface area (Å²) in [4.78, 5) is 14.2. The van der Waals surface area contributed by atoms with Gasteiger partial charge in [0.1, 0.15) is 0 Å². The predicted molar refractivity (Wildman–Crippen MR) is 78.3 cm³/mol. The molecule has 0 radical (unpaired) electrons. The fourth-order valence-electron chi connectivity index (χ4n) is 2.47. The van der Waals surface area contributed by atoms with Gasteiger partial charge in [-0.25, -0.2) is 0 Å². The van der Waals surface area contributed by atoms with Gasteiger partial charge in [-0.1, -0.05) is 0 Å². The van der Waals surface area contributed by atoms with Gasteiger partial charge in [0, 0.05) is 18.3 Å². The molecule has 1 aliphatic rings. The van der Waals surface area contributed by atoms with Crippen molar-refractivity contribution in [2.45, 2.75) is 18.9 Å². The Hall–Kier alpha value is -1.90. The average Bonchev–Trinajstić information content (AvgIpc) is 2.48. The SMILES string of the molecule is CNC1CCCN(CC(=O)Nc2ccc(C#N)cc2)C1. The van der Waals surface area contributed by atoms with Crippen LogP contribution in [0.2, 0.25) is 0 Å². The lowest BCUT2D eigenvalue weighted by Crippen LogP contribution is -2.46. The molecule has 1 unspecified atom stereocenters. The first-order valence-electron chi connectivity index (χ1n) is 6.91. The van der Waals surface area contributed by atoms with Gasteiger partial charge in [-0.05, 0) is 50.7 Å². The molecule has 0 aromatic heterocycles. The van der Waals surface area contributed by atoms with E-state index >= 15 is 0 Å². The van der Waals surface area contributed by atoms with Crippen LogP contribution in [0.15, 0.2) is 24.3 Å². The van der Waals surface area contributed by atoms with Crippen molar-refractivity contribution in [1.29, 1.82) is 5.26 Å². The van der Waals surface area contributed by atoms with Gasteiger partial charge in [0.25, 0.3) is 0 Å². The Kier molecular flexibility index (Phi) is 5.10. The molecule has 2 N–H and O–H groups in total. The van der Waals surface area contributed by atoms with Gasteiger partial charge >= 0.3 is 0 Å². The van der Waals surface area contributed by atoms with Crippen LogP contribution in [0.5, 0.6) is 0 Å². The Balaban J connectivity index is 1.84. The smallest absolute Gasteiger partial charge is 0.238 e. The van der Waals surface area contributed by atoms with Crippen molar-refractivity contribution in [3.05, 3.63) is 29.8 Å². The lowest BCUT2D eigenvalue weighted by Gasteiger charge is -2.31. The van der Waals surface area contributed by atoms with Gasteiger partial charge in [-0.15, -0.1) is 0 Å². The molecular formula is C15H20N4O. The van der Waals surface area contributed by atoms with Gasteiger partial charge in [-0.2, -0.15) is 5.26 Å². The molecule has 1 saturated heterocycles. The molecule has 106 valence electrons. The molecule has 1 aromatic rings. The van der Waals surface area contributed by atoms with E-state index in [1.54, 1.807) is 24.3 Å². The van der Waals surface area contributed by atoms with Crippen molar-refractivity contribution in [2.24, 2.45) is 0 Å². The average molecular weight is 272 g/mol. The standard InChI is InChI=1S/C15H20N4O/c1-17-14-3-2-8-19(10-14)11-15(20)18-13-6-4-12(9-16)5-7-13/h4-7,14,17H,2-3,8,10-11H2,1H3,(H,18,20). The minimum atomic E-state index is -0.00791. The molecule has 20 heavy (non-hydrogen) atoms. The number of benzene rings is 1. The molecule has 1 heterocycles. The number of nitrogens with zero attached hydrogens (tertiary/aromatic N) is 2. The Morgan fingerprint density at radius 1 is 1.45 bits per heavy atom. The van der Waals surface area contributed by atoms with E-state index in [2.05, 4.69) is 21.6 Å². The summed E-state index contributed by atoms with van der Waals surface area (Å²) in [7, 11) is 1.96. The summed E-state index contributed by atoms with van der Waals surface area (Å²) in [5, 5.41) is 14.9. The molecule has 1 amide bonds. The quantitative estimate of drug-likeness (QED) is 0.863. The van der Waals surface area contributed by atoms with Crippen molar-refractivity contribution < 1.29 is 4.79 Å². The van der Waals surface area contributed by atoms with E-state index in [9.17, 15) is 4.79 Å². The fourth-order valence-corrected chi connectivity index (χ4v) is 2.47. The highest BCUT2D eigenvalue weighted by molar-refractivity contribution is 5.92. The Morgan fingerprint density at radius 2 is 2.20 bits per heavy atom. The van der Waals surface area contributed by atoms with Crippen molar-refractivity contribution in [3.8, 4) is 6.07 Å². The number of amides is 1. The maximum Gasteiger partial charge on any atom is 0.238 e. The third kappa shape index (κ3) is 4.05. The number of likely N-dealkylation sites (N-methyl/N-ethyl adjacent to an activating group) is 1. The highest BCUT2D eigenvalue weighted by Crippen LogP contribution is 2.11. The zero-order valence-corrected chi connectivity index (χ0v) is 11.7. The predicted octanol–water partition coefficient (Wildman–Crippen LogP) is 1.18. The second kappa shape index (κ2) is 7.04. The highest BCUT2D eigenvalue weighted by atomic mass is 16.2. The summed E-state index contributed by atoms with van der Waals surface area (Å²) in [6.45, 7) is 2.30. The second-order valence-corrected chi connectivity index (χ2v) is 5.10. The van der Waals surface area contributed by atoms with E-state index in [4.69, 9.17) is 5.26 Å². The number of hydrogen-bond donors (Lipinski definition) is 2. The van der Waals surface area contributed by atoms with Crippen molar-refractivity contribution >= 4 is 11.6 Å². The van der Waals surface area contributed by atoms with Crippen molar-refractivity contribution in [1.82, 2.24) is 10.2 Å². The summed E-state index contributed by atoms with van der Waals surface area (Å²) in [5.74, 6) is -0.00791. The lowest BCUT2D eigenvalue weighted by atomic mass is 10.1. The molecule has 1 aliphatic heterocycles. The van der Waals surface area contributed by atoms with Crippen LogP contribution in [0.3, 0.4) is 0 Å². The molecule has 0 bridgehead atoms. The van der Waals surface area contributed by atoms with Crippen LogP contribution in [-0.4, -0.2) is 43.5 Å². The molecular weight excluding hydrogens is 252 g/mol. The maximum atomic E-state index is 12.0. The number of carbonyl (C=O) groups is 1. The van der Waals surface area contributed by atoms with Crippen molar-refractivity contribution in [3.63, 3.8) is 0 Å². The van der Waals surface area contributed by atoms with E-state index < -0.39 is 0 Å². The van der Waals surface area contributed by atoms with Crippen LogP contribution in [-0.2, 0) is 4.79 Å². The summed E-state index contributed by atoms with van der Waals surface area (Å²) in [6.07, 6.45) is 2.29. The van der Waals surface area contributed by atoms with Gasteiger partial charge in [-0.3, -0.25) is 9.69 Å². The Bertz CT molecular complexity index is 492. The first-order valence-corrected chi connectivity index (χ1v) is 6.91. The number of nitriles is 1. The number of carbonyl (C=O) groups excluding carboxylic acids is 1. The summed E-state index contributed by atoms with van der Waals surface area (Å²) in [5.41, 5.74) is 1.33. The van der Waals surface area contributed by atoms with Crippen LogP contribution in [0, 0.1) is 11.3 Å². The summed E-state index contributed by atoms with van der Waals surface area (Å²) in [6, 6.07) is 9.44. The molecule has 0 spiro atoms. The minimum absolute atomic E-state index is 0.00791. The molecule has 0 aliphatic carbocycles. The second-order valence-electron chi connectivity index (χ2n) is 5.10. The van der Waals surface area contributed by atoms with Gasteiger partial charge in [0.15, 0.2) is 0 Å². The Labute approximate surface area is 119 Å². The molecule has 1 atom stereocenters. The van der Waals surface area contributed by atoms with Gasteiger partial charge in [0.2, 0.25) is 5.91 Å². The molecule has 0 saturated carbocycles. The molecule has 1 aromatic carbocycles. The van der Waals surface area contributed by atoms with E-state index in [0.29, 0.717) is 18.2 Å². The fraction of sp³-hybridized carbons (Fsp3) is 0.467. The van der Waals surface area contributed by atoms with Crippen molar-refractivity contribution in [2.75, 3.05) is 32.0 Å². The number of anilines is 1. The number of nitrogens with one attached hydrogen (secondary N) is 2. The summed E-state index contributed by atoms with van der Waals surface area (Å²) < 4.78 is 0. The zero-order chi connectivity index (χ0) is 14.4. The first kappa shape index (κ1) is 14.5. The topological polar surface area (TPSA) is 68.2 Å². The molecule has 5 nitrogen and oxygen atoms in total. The third-order valence-corrected chi connectivity index (χ3v) is 3.58. The number of piperidine rings is 1. The van der Waals surface area contributed by atoms with Crippen LogP contribution in [0.1, 0.15) is 18.4 Å². The van der Waals surface area contributed by atoms with Gasteiger partial charge < -0.3 is 10.6 Å². The van der Waals surface area contributed by atoms with Crippen LogP contribution < -0.4 is 10.6 Å². The lowest BCUT2D eigenvalue weighted by molar-refractivity contribution is -0.117. The van der Waals surface area contributed by atoms with E-state index in [1.165, 1.54) is 6.42 Å². The maximum absolute atomic E-state index is 12.0. The van der Waals surface area contributed by atoms with E-state index in [1.807, 2.05) is 7.05 Å². The van der Waals surface area contributed by atoms with Gasteiger partial charge in [0.05, 0.1) is 18.2 Å². The summed E-state index contributed by atoms with van der Waals surface area (Å²) >= 11 is 0. The molecule has 5 heteroatoms. The normalized spacial score (nSPS) is 19.3. The number of likely N-dealkylation sites (tertiary alicyclic amines) is 1. The first-order chi connectivity index (χ1) is 9.71. The van der Waals surface area contributed by atoms with Crippen LogP contribution in [0.4, 0.5) is 5.69 Å². The molecule has 2 rings (SSSR count). The number of hydrogen-bond acceptors (Lipinski definition) is 4. The minimum Gasteiger partial charge on any atom is -0.325 e. The third-order valence-electron chi connectivity index (χ3n) is 3.58. The number of rotatable bonds is 4. The molecule has 1 fully saturated rings. The monoisotopic (exact) mass is 272 g/mol. The van der Waals surface area contributed by atoms with Crippen LogP contribution in [0.25, 0.3) is 0 Å². The zero-order valence-electron chi connectivity index (χ0n) is 11.7. The highest BCUT2D eigenvalue weighted by Gasteiger charge is 2.20. The van der Waals surface area contributed by atoms with Crippen LogP contribution >= 0.6 is 0 Å². The largest absolute Gasteiger partial charge is 0.325 e. The van der Waals surface area contributed by atoms with E-state index in [0.717, 1.165) is 25.2 Å².